The number of hydrogen-bond acceptors (Lipinski definition) is 7. The van der Waals surface area contributed by atoms with Crippen LogP contribution in [0, 0.1) is 0 Å². The molecule has 26 heavy (non-hydrogen) atoms. The number of methoxy groups -OCH3 is 1. The molecule has 0 bridgehead atoms. The monoisotopic (exact) mass is 350 g/mol. The van der Waals surface area contributed by atoms with E-state index in [-0.39, 0.29) is 6.01 Å². The largest absolute Gasteiger partial charge is 0.497 e. The van der Waals surface area contributed by atoms with Gasteiger partial charge in [-0.3, -0.25) is 0 Å². The second-order valence-corrected chi connectivity index (χ2v) is 5.64. The number of para-hydroxylation sites is 1. The molecule has 2 heterocycles. The molecule has 1 aliphatic heterocycles. The summed E-state index contributed by atoms with van der Waals surface area (Å²) < 4.78 is 16.7. The predicted octanol–water partition coefficient (Wildman–Crippen LogP) is 3.45. The van der Waals surface area contributed by atoms with Crippen molar-refractivity contribution in [2.24, 2.45) is 0 Å². The maximum absolute atomic E-state index is 6.14. The maximum Gasteiger partial charge on any atom is 0.339 e. The Morgan fingerprint density at radius 2 is 1.88 bits per heavy atom. The summed E-state index contributed by atoms with van der Waals surface area (Å²) >= 11 is 0. The van der Waals surface area contributed by atoms with Gasteiger partial charge in [0, 0.05) is 16.8 Å². The fourth-order valence-corrected chi connectivity index (χ4v) is 2.77. The number of aromatic nitrogens is 3. The van der Waals surface area contributed by atoms with Gasteiger partial charge in [0.05, 0.1) is 13.7 Å². The summed E-state index contributed by atoms with van der Waals surface area (Å²) in [5.74, 6) is 1.16. The number of anilines is 1. The van der Waals surface area contributed by atoms with Gasteiger partial charge in [-0.05, 0) is 37.3 Å². The van der Waals surface area contributed by atoms with Crippen molar-refractivity contribution in [1.82, 2.24) is 15.2 Å². The molecule has 3 aromatic rings. The third-order valence-electron chi connectivity index (χ3n) is 4.03. The van der Waals surface area contributed by atoms with Gasteiger partial charge in [-0.1, -0.05) is 23.3 Å². The van der Waals surface area contributed by atoms with Crippen LogP contribution in [-0.4, -0.2) is 28.9 Å². The van der Waals surface area contributed by atoms with Crippen molar-refractivity contribution < 1.29 is 14.2 Å². The van der Waals surface area contributed by atoms with Crippen LogP contribution in [0.4, 0.5) is 5.69 Å². The summed E-state index contributed by atoms with van der Waals surface area (Å²) in [6, 6.07) is 15.7. The highest BCUT2D eigenvalue weighted by atomic mass is 16.5. The molecular formula is C19H18N4O3. The van der Waals surface area contributed by atoms with Crippen molar-refractivity contribution in [3.63, 3.8) is 0 Å². The summed E-state index contributed by atoms with van der Waals surface area (Å²) in [6.07, 6.45) is -0.436. The molecule has 0 saturated carbocycles. The number of nitrogens with one attached hydrogen (secondary N) is 1. The highest BCUT2D eigenvalue weighted by Gasteiger charge is 2.26. The Kier molecular flexibility index (Phi) is 4.27. The van der Waals surface area contributed by atoms with Crippen LogP contribution < -0.4 is 19.5 Å². The van der Waals surface area contributed by atoms with Crippen molar-refractivity contribution in [3.8, 4) is 28.9 Å². The first-order valence-corrected chi connectivity index (χ1v) is 8.32. The minimum atomic E-state index is -0.436. The summed E-state index contributed by atoms with van der Waals surface area (Å²) in [5.41, 5.74) is 3.28. The maximum atomic E-state index is 6.14. The zero-order valence-corrected chi connectivity index (χ0v) is 14.5. The number of fused-ring (bicyclic) bond motifs is 3. The molecule has 1 unspecified atom stereocenters. The van der Waals surface area contributed by atoms with Crippen molar-refractivity contribution in [2.75, 3.05) is 19.0 Å². The van der Waals surface area contributed by atoms with E-state index in [1.165, 1.54) is 0 Å². The first-order valence-electron chi connectivity index (χ1n) is 8.32. The number of benzene rings is 2. The third kappa shape index (κ3) is 2.99. The lowest BCUT2D eigenvalue weighted by Crippen LogP contribution is -2.17. The standard InChI is InChI=1S/C19H18N4O3/c1-3-25-19-21-18-16(22-23-19)14-6-4-5-7-15(14)20-17(26-18)12-8-10-13(24-2)11-9-12/h4-11,17,20H,3H2,1-2H3. The third-order valence-corrected chi connectivity index (χ3v) is 4.03. The Labute approximate surface area is 151 Å². The van der Waals surface area contributed by atoms with Gasteiger partial charge in [-0.25, -0.2) is 0 Å². The molecule has 1 aliphatic rings. The minimum Gasteiger partial charge on any atom is -0.497 e. The minimum absolute atomic E-state index is 0.194. The first-order chi connectivity index (χ1) is 12.8. The zero-order chi connectivity index (χ0) is 17.9. The molecule has 1 aromatic heterocycles. The van der Waals surface area contributed by atoms with Crippen LogP contribution in [0.25, 0.3) is 11.3 Å². The summed E-state index contributed by atoms with van der Waals surface area (Å²) in [4.78, 5) is 4.39. The van der Waals surface area contributed by atoms with Crippen LogP contribution >= 0.6 is 0 Å². The molecular weight excluding hydrogens is 332 g/mol. The molecule has 0 aliphatic carbocycles. The topological polar surface area (TPSA) is 78.4 Å². The molecule has 7 nitrogen and oxygen atoms in total. The van der Waals surface area contributed by atoms with E-state index in [0.717, 1.165) is 22.6 Å². The second kappa shape index (κ2) is 6.87. The van der Waals surface area contributed by atoms with E-state index in [9.17, 15) is 0 Å². The van der Waals surface area contributed by atoms with Crippen LogP contribution in [0.3, 0.4) is 0 Å². The van der Waals surface area contributed by atoms with Crippen LogP contribution in [0.15, 0.2) is 48.5 Å². The van der Waals surface area contributed by atoms with Gasteiger partial charge < -0.3 is 19.5 Å². The predicted molar refractivity (Wildman–Crippen MR) is 96.4 cm³/mol. The number of ether oxygens (including phenoxy) is 3. The Hall–Kier alpha value is -3.35. The Bertz CT molecular complexity index is 915. The highest BCUT2D eigenvalue weighted by Crippen LogP contribution is 2.39. The molecule has 0 radical (unpaired) electrons. The summed E-state index contributed by atoms with van der Waals surface area (Å²) in [5, 5.41) is 11.7. The molecule has 0 spiro atoms. The molecule has 132 valence electrons. The summed E-state index contributed by atoms with van der Waals surface area (Å²) in [6.45, 7) is 2.32. The Morgan fingerprint density at radius 3 is 2.65 bits per heavy atom. The van der Waals surface area contributed by atoms with Gasteiger partial charge in [-0.15, -0.1) is 5.10 Å². The van der Waals surface area contributed by atoms with Crippen molar-refractivity contribution >= 4 is 5.69 Å². The molecule has 7 heteroatoms. The van der Waals surface area contributed by atoms with E-state index in [1.807, 2.05) is 55.5 Å². The highest BCUT2D eigenvalue weighted by molar-refractivity contribution is 5.79. The molecule has 2 aromatic carbocycles. The van der Waals surface area contributed by atoms with Gasteiger partial charge in [-0.2, -0.15) is 4.98 Å². The Balaban J connectivity index is 1.79. The van der Waals surface area contributed by atoms with E-state index in [0.29, 0.717) is 18.2 Å². The number of rotatable bonds is 4. The van der Waals surface area contributed by atoms with E-state index in [4.69, 9.17) is 14.2 Å². The molecule has 0 amide bonds. The normalized spacial score (nSPS) is 14.9. The van der Waals surface area contributed by atoms with E-state index in [1.54, 1.807) is 7.11 Å². The van der Waals surface area contributed by atoms with Gasteiger partial charge >= 0.3 is 6.01 Å². The lowest BCUT2D eigenvalue weighted by atomic mass is 10.1. The quantitative estimate of drug-likeness (QED) is 0.772. The second-order valence-electron chi connectivity index (χ2n) is 5.64. The van der Waals surface area contributed by atoms with Gasteiger partial charge in [0.15, 0.2) is 11.9 Å². The lowest BCUT2D eigenvalue weighted by molar-refractivity contribution is 0.219. The van der Waals surface area contributed by atoms with E-state index in [2.05, 4.69) is 20.5 Å². The number of nitrogens with zero attached hydrogens (tertiary/aromatic N) is 3. The molecule has 4 rings (SSSR count). The van der Waals surface area contributed by atoms with Crippen molar-refractivity contribution in [1.29, 1.82) is 0 Å². The van der Waals surface area contributed by atoms with Gasteiger partial charge in [0.1, 0.15) is 5.75 Å². The molecule has 1 N–H and O–H groups in total. The van der Waals surface area contributed by atoms with Crippen LogP contribution in [0.1, 0.15) is 18.7 Å². The van der Waals surface area contributed by atoms with E-state index < -0.39 is 6.23 Å². The average Bonchev–Trinajstić information content (AvgIpc) is 2.85. The van der Waals surface area contributed by atoms with Crippen molar-refractivity contribution in [2.45, 2.75) is 13.2 Å². The number of hydrogen-bond donors (Lipinski definition) is 1. The first kappa shape index (κ1) is 16.1. The molecule has 0 fully saturated rings. The molecule has 0 saturated heterocycles. The smallest absolute Gasteiger partial charge is 0.339 e. The van der Waals surface area contributed by atoms with Gasteiger partial charge in [0.25, 0.3) is 0 Å². The SMILES string of the molecule is CCOc1nnc2c(n1)OC(c1ccc(OC)cc1)Nc1ccccc1-2. The zero-order valence-electron chi connectivity index (χ0n) is 14.5. The average molecular weight is 350 g/mol. The van der Waals surface area contributed by atoms with Crippen molar-refractivity contribution in [3.05, 3.63) is 54.1 Å². The van der Waals surface area contributed by atoms with Crippen LogP contribution in [-0.2, 0) is 0 Å². The fourth-order valence-electron chi connectivity index (χ4n) is 2.77. The van der Waals surface area contributed by atoms with Crippen LogP contribution in [0.5, 0.6) is 17.6 Å². The van der Waals surface area contributed by atoms with Gasteiger partial charge in [0.2, 0.25) is 5.88 Å². The summed E-state index contributed by atoms with van der Waals surface area (Å²) in [7, 11) is 1.64. The lowest BCUT2D eigenvalue weighted by Gasteiger charge is -2.19. The Morgan fingerprint density at radius 1 is 1.08 bits per heavy atom. The fraction of sp³-hybridized carbons (Fsp3) is 0.211. The molecule has 1 atom stereocenters. The van der Waals surface area contributed by atoms with Crippen LogP contribution in [0.2, 0.25) is 0 Å². The van der Waals surface area contributed by atoms with E-state index >= 15 is 0 Å².